The first-order valence-electron chi connectivity index (χ1n) is 6.47. The highest BCUT2D eigenvalue weighted by Crippen LogP contribution is 2.33. The predicted octanol–water partition coefficient (Wildman–Crippen LogP) is 2.23. The number of amides is 2. The maximum Gasteiger partial charge on any atom is 0.319 e. The lowest BCUT2D eigenvalue weighted by Crippen LogP contribution is -2.31. The van der Waals surface area contributed by atoms with Gasteiger partial charge in [0.2, 0.25) is 0 Å². The number of carbonyl (C=O) groups excluding carboxylic acids is 1. The Kier molecular flexibility index (Phi) is 4.04. The molecule has 0 heterocycles. The van der Waals surface area contributed by atoms with Crippen LogP contribution in [0.25, 0.3) is 0 Å². The van der Waals surface area contributed by atoms with Crippen molar-refractivity contribution in [3.8, 4) is 0 Å². The van der Waals surface area contributed by atoms with Crippen LogP contribution in [0.15, 0.2) is 24.3 Å². The lowest BCUT2D eigenvalue weighted by Gasteiger charge is -2.10. The van der Waals surface area contributed by atoms with Crippen molar-refractivity contribution in [2.75, 3.05) is 5.32 Å². The molecule has 1 aromatic rings. The van der Waals surface area contributed by atoms with Gasteiger partial charge in [-0.15, -0.1) is 0 Å². The Balaban J connectivity index is 1.94. The number of hydrogen-bond donors (Lipinski definition) is 3. The molecule has 1 aliphatic rings. The van der Waals surface area contributed by atoms with Gasteiger partial charge in [0.15, 0.2) is 0 Å². The summed E-state index contributed by atoms with van der Waals surface area (Å²) in [6, 6.07) is 6.94. The predicted molar refractivity (Wildman–Crippen MR) is 72.1 cm³/mol. The zero-order valence-corrected chi connectivity index (χ0v) is 10.8. The first kappa shape index (κ1) is 13.4. The third-order valence-corrected chi connectivity index (χ3v) is 3.37. The molecule has 0 saturated heterocycles. The van der Waals surface area contributed by atoms with Gasteiger partial charge in [-0.3, -0.25) is 4.79 Å². The van der Waals surface area contributed by atoms with Crippen molar-refractivity contribution < 1.29 is 14.7 Å². The average Bonchev–Trinajstić information content (AvgIpc) is 3.09. The summed E-state index contributed by atoms with van der Waals surface area (Å²) < 4.78 is 0. The van der Waals surface area contributed by atoms with Crippen LogP contribution in [0.1, 0.15) is 25.3 Å². The molecule has 0 spiro atoms. The Morgan fingerprint density at radius 2 is 2.11 bits per heavy atom. The van der Waals surface area contributed by atoms with Gasteiger partial charge in [-0.2, -0.15) is 0 Å². The number of benzene rings is 1. The smallest absolute Gasteiger partial charge is 0.319 e. The van der Waals surface area contributed by atoms with Crippen molar-refractivity contribution >= 4 is 17.7 Å². The van der Waals surface area contributed by atoms with Crippen molar-refractivity contribution in [3.63, 3.8) is 0 Å². The molecule has 19 heavy (non-hydrogen) atoms. The molecule has 0 bridgehead atoms. The molecule has 5 heteroatoms. The zero-order valence-electron chi connectivity index (χ0n) is 10.8. The number of anilines is 1. The van der Waals surface area contributed by atoms with Crippen LogP contribution in [0.5, 0.6) is 0 Å². The van der Waals surface area contributed by atoms with Crippen LogP contribution in [-0.4, -0.2) is 23.1 Å². The van der Waals surface area contributed by atoms with Crippen LogP contribution in [-0.2, 0) is 11.2 Å². The molecule has 1 aromatic carbocycles. The average molecular weight is 262 g/mol. The Bertz CT molecular complexity index is 487. The number of para-hydroxylation sites is 1. The van der Waals surface area contributed by atoms with Crippen LogP contribution in [0.4, 0.5) is 10.5 Å². The largest absolute Gasteiger partial charge is 0.481 e. The van der Waals surface area contributed by atoms with E-state index in [9.17, 15) is 9.59 Å². The fourth-order valence-corrected chi connectivity index (χ4v) is 2.16. The van der Waals surface area contributed by atoms with E-state index in [2.05, 4.69) is 17.6 Å². The minimum atomic E-state index is -0.914. The summed E-state index contributed by atoms with van der Waals surface area (Å²) in [7, 11) is 0. The Morgan fingerprint density at radius 1 is 1.37 bits per heavy atom. The number of carboxylic acids is 1. The van der Waals surface area contributed by atoms with Crippen molar-refractivity contribution in [1.82, 2.24) is 5.32 Å². The zero-order chi connectivity index (χ0) is 13.8. The van der Waals surface area contributed by atoms with Crippen LogP contribution in [0.3, 0.4) is 0 Å². The van der Waals surface area contributed by atoms with E-state index in [1.54, 1.807) is 24.3 Å². The number of carboxylic acid groups (broad SMARTS) is 1. The SMILES string of the molecule is CCC1CC1NC(=O)Nc1ccccc1CC(=O)O. The normalized spacial score (nSPS) is 20.7. The fraction of sp³-hybridized carbons (Fsp3) is 0.429. The van der Waals surface area contributed by atoms with E-state index >= 15 is 0 Å². The van der Waals surface area contributed by atoms with Gasteiger partial charge in [0, 0.05) is 11.7 Å². The van der Waals surface area contributed by atoms with Crippen molar-refractivity contribution in [3.05, 3.63) is 29.8 Å². The van der Waals surface area contributed by atoms with Crippen molar-refractivity contribution in [1.29, 1.82) is 0 Å². The van der Waals surface area contributed by atoms with Gasteiger partial charge in [0.05, 0.1) is 6.42 Å². The summed E-state index contributed by atoms with van der Waals surface area (Å²) in [4.78, 5) is 22.5. The second kappa shape index (κ2) is 5.73. The van der Waals surface area contributed by atoms with Crippen LogP contribution < -0.4 is 10.6 Å². The molecule has 1 aliphatic carbocycles. The molecule has 2 atom stereocenters. The third kappa shape index (κ3) is 3.71. The minimum absolute atomic E-state index is 0.0997. The van der Waals surface area contributed by atoms with Gasteiger partial charge in [0.25, 0.3) is 0 Å². The van der Waals surface area contributed by atoms with Gasteiger partial charge >= 0.3 is 12.0 Å². The molecule has 0 radical (unpaired) electrons. The van der Waals surface area contributed by atoms with Crippen molar-refractivity contribution in [2.24, 2.45) is 5.92 Å². The summed E-state index contributed by atoms with van der Waals surface area (Å²) in [5.41, 5.74) is 1.16. The summed E-state index contributed by atoms with van der Waals surface area (Å²) in [5.74, 6) is -0.331. The topological polar surface area (TPSA) is 78.4 Å². The molecule has 1 saturated carbocycles. The lowest BCUT2D eigenvalue weighted by molar-refractivity contribution is -0.136. The van der Waals surface area contributed by atoms with Gasteiger partial charge in [-0.25, -0.2) is 4.79 Å². The molecular formula is C14H18N2O3. The maximum absolute atomic E-state index is 11.8. The van der Waals surface area contributed by atoms with Gasteiger partial charge < -0.3 is 15.7 Å². The van der Waals surface area contributed by atoms with E-state index in [0.717, 1.165) is 12.8 Å². The molecule has 3 N–H and O–H groups in total. The van der Waals surface area contributed by atoms with Crippen LogP contribution >= 0.6 is 0 Å². The molecular weight excluding hydrogens is 244 g/mol. The molecule has 2 rings (SSSR count). The monoisotopic (exact) mass is 262 g/mol. The third-order valence-electron chi connectivity index (χ3n) is 3.37. The number of carbonyl (C=O) groups is 2. The Morgan fingerprint density at radius 3 is 2.74 bits per heavy atom. The number of nitrogens with one attached hydrogen (secondary N) is 2. The fourth-order valence-electron chi connectivity index (χ4n) is 2.16. The summed E-state index contributed by atoms with van der Waals surface area (Å²) in [5, 5.41) is 14.4. The molecule has 0 aromatic heterocycles. The van der Waals surface area contributed by atoms with E-state index in [1.807, 2.05) is 0 Å². The summed E-state index contributed by atoms with van der Waals surface area (Å²) >= 11 is 0. The van der Waals surface area contributed by atoms with E-state index in [-0.39, 0.29) is 18.5 Å². The Labute approximate surface area is 112 Å². The molecule has 0 aliphatic heterocycles. The van der Waals surface area contributed by atoms with Gasteiger partial charge in [0.1, 0.15) is 0 Å². The van der Waals surface area contributed by atoms with Crippen molar-refractivity contribution in [2.45, 2.75) is 32.2 Å². The van der Waals surface area contributed by atoms with E-state index in [0.29, 0.717) is 17.2 Å². The highest BCUT2D eigenvalue weighted by atomic mass is 16.4. The number of hydrogen-bond acceptors (Lipinski definition) is 2. The second-order valence-electron chi connectivity index (χ2n) is 4.84. The molecule has 102 valence electrons. The first-order valence-corrected chi connectivity index (χ1v) is 6.47. The highest BCUT2D eigenvalue weighted by Gasteiger charge is 2.36. The standard InChI is InChI=1S/C14H18N2O3/c1-2-9-7-12(9)16-14(19)15-11-6-4-3-5-10(11)8-13(17)18/h3-6,9,12H,2,7-8H2,1H3,(H,17,18)(H2,15,16,19). The number of rotatable bonds is 5. The van der Waals surface area contributed by atoms with Gasteiger partial charge in [-0.05, 0) is 24.0 Å². The number of urea groups is 1. The molecule has 2 unspecified atom stereocenters. The van der Waals surface area contributed by atoms with Crippen LogP contribution in [0.2, 0.25) is 0 Å². The summed E-state index contributed by atoms with van der Waals surface area (Å²) in [6.07, 6.45) is 2.00. The molecule has 1 fully saturated rings. The molecule has 5 nitrogen and oxygen atoms in total. The highest BCUT2D eigenvalue weighted by molar-refractivity contribution is 5.91. The summed E-state index contributed by atoms with van der Waals surface area (Å²) in [6.45, 7) is 2.10. The van der Waals surface area contributed by atoms with Crippen LogP contribution in [0, 0.1) is 5.92 Å². The van der Waals surface area contributed by atoms with E-state index in [4.69, 9.17) is 5.11 Å². The molecule has 2 amide bonds. The maximum atomic E-state index is 11.8. The Hall–Kier alpha value is -2.04. The number of aliphatic carboxylic acids is 1. The van der Waals surface area contributed by atoms with E-state index < -0.39 is 5.97 Å². The van der Waals surface area contributed by atoms with Gasteiger partial charge in [-0.1, -0.05) is 31.5 Å². The van der Waals surface area contributed by atoms with E-state index in [1.165, 1.54) is 0 Å². The minimum Gasteiger partial charge on any atom is -0.481 e. The lowest BCUT2D eigenvalue weighted by atomic mass is 10.1. The quantitative estimate of drug-likeness (QED) is 0.761. The first-order chi connectivity index (χ1) is 9.10. The second-order valence-corrected chi connectivity index (χ2v) is 4.84.